The number of carbonyl (C=O) groups is 3. The molecule has 2 heterocycles. The molecule has 1 N–H and O–H groups in total. The highest BCUT2D eigenvalue weighted by Gasteiger charge is 2.58. The third-order valence-corrected chi connectivity index (χ3v) is 8.37. The van der Waals surface area contributed by atoms with Gasteiger partial charge in [-0.1, -0.05) is 108 Å². The number of likely N-dealkylation sites (tertiary alicyclic amines) is 1. The molecule has 3 atom stereocenters. The second-order valence-electron chi connectivity index (χ2n) is 11.5. The van der Waals surface area contributed by atoms with Crippen LogP contribution in [0.2, 0.25) is 0 Å². The zero-order valence-corrected chi connectivity index (χ0v) is 26.0. The van der Waals surface area contributed by atoms with Crippen LogP contribution in [0.4, 0.5) is 4.79 Å². The van der Waals surface area contributed by atoms with Crippen LogP contribution in [0.5, 0.6) is 5.95 Å². The molecule has 0 bridgehead atoms. The van der Waals surface area contributed by atoms with Gasteiger partial charge in [-0.25, -0.2) is 9.59 Å². The number of esters is 2. The second kappa shape index (κ2) is 18.4. The predicted molar refractivity (Wildman–Crippen MR) is 163 cm³/mol. The van der Waals surface area contributed by atoms with Crippen LogP contribution in [0.3, 0.4) is 0 Å². The molecule has 1 aromatic heterocycles. The van der Waals surface area contributed by atoms with Crippen LogP contribution in [0.1, 0.15) is 120 Å². The summed E-state index contributed by atoms with van der Waals surface area (Å²) in [6, 6.07) is 11.2. The molecule has 1 fully saturated rings. The number of carboxylic acid groups (broad SMARTS) is 1. The molecule has 1 aliphatic heterocycles. The number of amides is 1. The molecule has 1 saturated heterocycles. The number of benzene rings is 1. The lowest BCUT2D eigenvalue weighted by Crippen LogP contribution is -2.64. The first-order valence-electron chi connectivity index (χ1n) is 16.1. The Kier molecular flexibility index (Phi) is 14.6. The lowest BCUT2D eigenvalue weighted by Gasteiger charge is -2.36. The third kappa shape index (κ3) is 10.4. The fourth-order valence-corrected chi connectivity index (χ4v) is 5.81. The fraction of sp³-hybridized carbons (Fsp3) is 0.618. The zero-order chi connectivity index (χ0) is 30.9. The van der Waals surface area contributed by atoms with Crippen LogP contribution in [-0.4, -0.2) is 53.0 Å². The van der Waals surface area contributed by atoms with Crippen molar-refractivity contribution in [2.45, 2.75) is 123 Å². The Morgan fingerprint density at radius 2 is 1.53 bits per heavy atom. The molecule has 43 heavy (non-hydrogen) atoms. The van der Waals surface area contributed by atoms with Crippen molar-refractivity contribution in [1.82, 2.24) is 0 Å². The van der Waals surface area contributed by atoms with Crippen molar-refractivity contribution >= 4 is 18.0 Å². The largest absolute Gasteiger partial charge is 0.517 e. The molecule has 3 rings (SSSR count). The van der Waals surface area contributed by atoms with Crippen molar-refractivity contribution in [2.75, 3.05) is 13.2 Å². The van der Waals surface area contributed by atoms with E-state index < -0.39 is 34.8 Å². The maximum absolute atomic E-state index is 13.0. The number of hydrogen-bond acceptors (Lipinski definition) is 7. The summed E-state index contributed by atoms with van der Waals surface area (Å²) < 4.78 is 21.5. The predicted octanol–water partition coefficient (Wildman–Crippen LogP) is 8.26. The van der Waals surface area contributed by atoms with Gasteiger partial charge in [-0.05, 0) is 18.1 Å². The first kappa shape index (κ1) is 34.2. The minimum Gasteiger partial charge on any atom is -0.465 e. The number of ether oxygens (including phenoxy) is 3. The zero-order valence-electron chi connectivity index (χ0n) is 26.0. The molecule has 238 valence electrons. The lowest BCUT2D eigenvalue weighted by molar-refractivity contribution is -0.904. The van der Waals surface area contributed by atoms with Crippen molar-refractivity contribution in [3.8, 4) is 5.95 Å². The molecule has 9 nitrogen and oxygen atoms in total. The highest BCUT2D eigenvalue weighted by Crippen LogP contribution is 2.33. The van der Waals surface area contributed by atoms with Gasteiger partial charge in [0.15, 0.2) is 0 Å². The second-order valence-corrected chi connectivity index (χ2v) is 11.5. The molecular weight excluding hydrogens is 550 g/mol. The number of carbonyl (C=O) groups excluding carboxylic acids is 2. The highest BCUT2D eigenvalue weighted by atomic mass is 16.6. The van der Waals surface area contributed by atoms with Crippen LogP contribution < -0.4 is 4.74 Å². The minimum absolute atomic E-state index is 0.0401. The molecule has 9 heteroatoms. The van der Waals surface area contributed by atoms with E-state index in [-0.39, 0.29) is 24.9 Å². The van der Waals surface area contributed by atoms with E-state index in [0.29, 0.717) is 19.4 Å². The van der Waals surface area contributed by atoms with Crippen molar-refractivity contribution in [1.29, 1.82) is 0 Å². The Hall–Kier alpha value is -3.33. The van der Waals surface area contributed by atoms with Crippen LogP contribution in [-0.2, 0) is 20.9 Å². The van der Waals surface area contributed by atoms with E-state index in [2.05, 4.69) is 6.92 Å². The summed E-state index contributed by atoms with van der Waals surface area (Å²) in [6.07, 6.45) is 13.5. The van der Waals surface area contributed by atoms with Gasteiger partial charge in [-0.15, -0.1) is 0 Å². The van der Waals surface area contributed by atoms with E-state index in [9.17, 15) is 19.5 Å². The molecule has 1 aliphatic rings. The average Bonchev–Trinajstić information content (AvgIpc) is 3.68. The van der Waals surface area contributed by atoms with Crippen LogP contribution >= 0.6 is 0 Å². The first-order valence-corrected chi connectivity index (χ1v) is 16.1. The fourth-order valence-electron chi connectivity index (χ4n) is 5.81. The quantitative estimate of drug-likeness (QED) is 0.0918. The van der Waals surface area contributed by atoms with Crippen molar-refractivity contribution in [3.05, 3.63) is 53.8 Å². The molecule has 2 aromatic rings. The van der Waals surface area contributed by atoms with Gasteiger partial charge in [0, 0.05) is 25.8 Å². The van der Waals surface area contributed by atoms with Gasteiger partial charge in [0.25, 0.3) is 5.95 Å². The SMILES string of the molecule is CCCCCCCCCCCCCCOc1ccc(C(=O)OC(C)[N+]2(C(=O)O)CCC[C@H]2C(=O)OCc2ccccc2)o1. The summed E-state index contributed by atoms with van der Waals surface area (Å²) >= 11 is 0. The van der Waals surface area contributed by atoms with Crippen molar-refractivity contribution < 1.29 is 42.6 Å². The first-order chi connectivity index (χ1) is 20.9. The van der Waals surface area contributed by atoms with Crippen molar-refractivity contribution in [2.24, 2.45) is 0 Å². The number of quaternary nitrogens is 1. The summed E-state index contributed by atoms with van der Waals surface area (Å²) in [5.41, 5.74) is 0.802. The van der Waals surface area contributed by atoms with Gasteiger partial charge >= 0.3 is 18.0 Å². The topological polar surface area (TPSA) is 112 Å². The van der Waals surface area contributed by atoms with Crippen LogP contribution in [0.15, 0.2) is 46.9 Å². The van der Waals surface area contributed by atoms with Crippen molar-refractivity contribution in [3.63, 3.8) is 0 Å². The number of nitrogens with zero attached hydrogens (tertiary/aromatic N) is 1. The number of hydrogen-bond donors (Lipinski definition) is 1. The molecular formula is C34H50NO8+. The highest BCUT2D eigenvalue weighted by molar-refractivity contribution is 5.86. The van der Waals surface area contributed by atoms with E-state index in [1.165, 1.54) is 77.2 Å². The lowest BCUT2D eigenvalue weighted by atomic mass is 10.1. The maximum atomic E-state index is 13.0. The van der Waals surface area contributed by atoms with Gasteiger partial charge in [-0.3, -0.25) is 0 Å². The monoisotopic (exact) mass is 600 g/mol. The summed E-state index contributed by atoms with van der Waals surface area (Å²) in [5.74, 6) is -1.30. The van der Waals surface area contributed by atoms with Gasteiger partial charge in [-0.2, -0.15) is 9.28 Å². The smallest absolute Gasteiger partial charge is 0.465 e. The van der Waals surface area contributed by atoms with E-state index >= 15 is 0 Å². The molecule has 0 aliphatic carbocycles. The summed E-state index contributed by atoms with van der Waals surface area (Å²) in [4.78, 5) is 38.4. The summed E-state index contributed by atoms with van der Waals surface area (Å²) in [6.45, 7) is 4.40. The minimum atomic E-state index is -1.25. The molecule has 0 radical (unpaired) electrons. The van der Waals surface area contributed by atoms with E-state index in [0.717, 1.165) is 18.4 Å². The Labute approximate surface area is 256 Å². The van der Waals surface area contributed by atoms with Crippen LogP contribution in [0, 0.1) is 0 Å². The maximum Gasteiger partial charge on any atom is 0.517 e. The van der Waals surface area contributed by atoms with Gasteiger partial charge in [0.05, 0.1) is 13.2 Å². The summed E-state index contributed by atoms with van der Waals surface area (Å²) in [7, 11) is 0. The number of rotatable bonds is 20. The number of unbranched alkanes of at least 4 members (excludes halogenated alkanes) is 11. The Morgan fingerprint density at radius 3 is 2.16 bits per heavy atom. The molecule has 1 aromatic carbocycles. The van der Waals surface area contributed by atoms with E-state index in [4.69, 9.17) is 18.6 Å². The Bertz CT molecular complexity index is 1120. The number of furan rings is 1. The van der Waals surface area contributed by atoms with Crippen LogP contribution in [0.25, 0.3) is 0 Å². The van der Waals surface area contributed by atoms with E-state index in [1.807, 2.05) is 30.3 Å². The Morgan fingerprint density at radius 1 is 0.907 bits per heavy atom. The molecule has 0 saturated carbocycles. The van der Waals surface area contributed by atoms with Gasteiger partial charge < -0.3 is 23.7 Å². The molecule has 1 amide bonds. The standard InChI is InChI=1S/C34H49NO8/c1-3-4-5-6-7-8-9-10-11-12-13-17-25-40-31-23-22-30(43-31)33(37)42-27(2)35(34(38)39)24-18-21-29(35)32(36)41-26-28-19-15-14-16-20-28/h14-16,19-20,22-23,27,29H,3-13,17-18,21,24-26H2,1-2H3/p+1/t27?,29-,35?/m0/s1. The van der Waals surface area contributed by atoms with Gasteiger partial charge in [0.1, 0.15) is 6.61 Å². The third-order valence-electron chi connectivity index (χ3n) is 8.37. The normalized spacial score (nSPS) is 18.7. The average molecular weight is 601 g/mol. The van der Waals surface area contributed by atoms with E-state index in [1.54, 1.807) is 6.07 Å². The Balaban J connectivity index is 1.39. The molecule has 0 spiro atoms. The summed E-state index contributed by atoms with van der Waals surface area (Å²) in [5, 5.41) is 10.2. The molecule has 2 unspecified atom stereocenters. The van der Waals surface area contributed by atoms with Gasteiger partial charge in [0.2, 0.25) is 18.0 Å².